The maximum atomic E-state index is 14.9. The lowest BCUT2D eigenvalue weighted by Gasteiger charge is -2.33. The highest BCUT2D eigenvalue weighted by Crippen LogP contribution is 2.42. The molecule has 1 saturated carbocycles. The fourth-order valence-corrected chi connectivity index (χ4v) is 4.72. The zero-order chi connectivity index (χ0) is 21.4. The molecule has 10 heteroatoms. The van der Waals surface area contributed by atoms with Crippen molar-refractivity contribution in [3.8, 4) is 11.5 Å². The van der Waals surface area contributed by atoms with E-state index in [0.29, 0.717) is 53.5 Å². The van der Waals surface area contributed by atoms with Gasteiger partial charge in [-0.05, 0) is 43.9 Å². The standard InChI is InChI=1S/C21H23FN6O2S/c1-2-17-23-19(30-27-17)13-7-8-16(15(22)10-13)28-9-3-4-14(11-28)18(29)24-21-26-25-20(31-21)12-5-6-12/h7-8,10,12,14H,2-6,9,11H2,1H3,(H,24,26,29). The second-order valence-electron chi connectivity index (χ2n) is 8.03. The van der Waals surface area contributed by atoms with Crippen molar-refractivity contribution in [2.45, 2.75) is 44.9 Å². The van der Waals surface area contributed by atoms with E-state index in [2.05, 4.69) is 25.7 Å². The topological polar surface area (TPSA) is 97.0 Å². The van der Waals surface area contributed by atoms with Crippen molar-refractivity contribution < 1.29 is 13.7 Å². The minimum Gasteiger partial charge on any atom is -0.368 e. The van der Waals surface area contributed by atoms with Crippen molar-refractivity contribution in [1.82, 2.24) is 20.3 Å². The summed E-state index contributed by atoms with van der Waals surface area (Å²) in [5, 5.41) is 16.6. The highest BCUT2D eigenvalue weighted by atomic mass is 32.1. The fraction of sp³-hybridized carbons (Fsp3) is 0.476. The van der Waals surface area contributed by atoms with Crippen LogP contribution in [0, 0.1) is 11.7 Å². The lowest BCUT2D eigenvalue weighted by Crippen LogP contribution is -2.41. The van der Waals surface area contributed by atoms with E-state index < -0.39 is 0 Å². The van der Waals surface area contributed by atoms with Crippen LogP contribution in [-0.2, 0) is 11.2 Å². The molecule has 1 N–H and O–H groups in total. The highest BCUT2D eigenvalue weighted by Gasteiger charge is 2.30. The van der Waals surface area contributed by atoms with Gasteiger partial charge in [0.25, 0.3) is 5.89 Å². The summed E-state index contributed by atoms with van der Waals surface area (Å²) >= 11 is 1.45. The number of aryl methyl sites for hydroxylation is 1. The Hall–Kier alpha value is -2.88. The lowest BCUT2D eigenvalue weighted by atomic mass is 9.96. The van der Waals surface area contributed by atoms with Crippen LogP contribution in [0.3, 0.4) is 0 Å². The second kappa shape index (κ2) is 8.33. The average Bonchev–Trinajstić information content (AvgIpc) is 3.33. The summed E-state index contributed by atoms with van der Waals surface area (Å²) in [6, 6.07) is 4.90. The van der Waals surface area contributed by atoms with E-state index in [0.717, 1.165) is 30.7 Å². The first kappa shape index (κ1) is 20.0. The normalized spacial score (nSPS) is 18.9. The summed E-state index contributed by atoms with van der Waals surface area (Å²) in [6.07, 6.45) is 4.53. The van der Waals surface area contributed by atoms with Gasteiger partial charge in [-0.25, -0.2) is 4.39 Å². The van der Waals surface area contributed by atoms with E-state index in [1.807, 2.05) is 11.8 Å². The SMILES string of the molecule is CCc1noc(-c2ccc(N3CCCC(C(=O)Nc4nnc(C5CC5)s4)C3)c(F)c2)n1. The van der Waals surface area contributed by atoms with Gasteiger partial charge in [0.15, 0.2) is 5.82 Å². The van der Waals surface area contributed by atoms with Crippen molar-refractivity contribution in [1.29, 1.82) is 0 Å². The Kier molecular flexibility index (Phi) is 5.39. The first-order chi connectivity index (χ1) is 15.1. The van der Waals surface area contributed by atoms with Crippen molar-refractivity contribution >= 4 is 28.1 Å². The molecule has 162 valence electrons. The molecule has 2 aromatic heterocycles. The van der Waals surface area contributed by atoms with Crippen molar-refractivity contribution in [2.75, 3.05) is 23.3 Å². The van der Waals surface area contributed by atoms with Gasteiger partial charge in [-0.15, -0.1) is 10.2 Å². The number of piperidine rings is 1. The van der Waals surface area contributed by atoms with Crippen LogP contribution >= 0.6 is 11.3 Å². The number of aromatic nitrogens is 4. The Morgan fingerprint density at radius 1 is 1.32 bits per heavy atom. The van der Waals surface area contributed by atoms with Gasteiger partial charge in [0.2, 0.25) is 11.0 Å². The maximum absolute atomic E-state index is 14.9. The van der Waals surface area contributed by atoms with Crippen LogP contribution in [0.15, 0.2) is 22.7 Å². The van der Waals surface area contributed by atoms with Gasteiger partial charge < -0.3 is 14.7 Å². The Balaban J connectivity index is 1.26. The monoisotopic (exact) mass is 442 g/mol. The molecule has 31 heavy (non-hydrogen) atoms. The van der Waals surface area contributed by atoms with Gasteiger partial charge in [0.05, 0.1) is 11.6 Å². The number of hydrogen-bond donors (Lipinski definition) is 1. The lowest BCUT2D eigenvalue weighted by molar-refractivity contribution is -0.120. The van der Waals surface area contributed by atoms with Crippen LogP contribution in [0.2, 0.25) is 0 Å². The molecule has 1 atom stereocenters. The quantitative estimate of drug-likeness (QED) is 0.616. The molecule has 2 aliphatic rings. The van der Waals surface area contributed by atoms with Crippen molar-refractivity contribution in [3.63, 3.8) is 0 Å². The number of anilines is 2. The zero-order valence-corrected chi connectivity index (χ0v) is 18.0. The summed E-state index contributed by atoms with van der Waals surface area (Å²) in [7, 11) is 0. The van der Waals surface area contributed by atoms with E-state index in [4.69, 9.17) is 4.52 Å². The highest BCUT2D eigenvalue weighted by molar-refractivity contribution is 7.15. The van der Waals surface area contributed by atoms with Crippen molar-refractivity contribution in [2.24, 2.45) is 5.92 Å². The third kappa shape index (κ3) is 4.30. The number of carbonyl (C=O) groups is 1. The third-order valence-electron chi connectivity index (χ3n) is 5.71. The third-order valence-corrected chi connectivity index (χ3v) is 6.71. The summed E-state index contributed by atoms with van der Waals surface area (Å²) < 4.78 is 20.1. The Labute approximate surface area is 182 Å². The summed E-state index contributed by atoms with van der Waals surface area (Å²) in [5.74, 6) is 0.722. The van der Waals surface area contributed by atoms with E-state index in [-0.39, 0.29) is 17.6 Å². The largest absolute Gasteiger partial charge is 0.368 e. The first-order valence-electron chi connectivity index (χ1n) is 10.6. The predicted octanol–water partition coefficient (Wildman–Crippen LogP) is 4.02. The van der Waals surface area contributed by atoms with Gasteiger partial charge >= 0.3 is 0 Å². The van der Waals surface area contributed by atoms with Crippen LogP contribution < -0.4 is 10.2 Å². The molecule has 8 nitrogen and oxygen atoms in total. The van der Waals surface area contributed by atoms with Gasteiger partial charge in [-0.2, -0.15) is 4.98 Å². The predicted molar refractivity (Wildman–Crippen MR) is 115 cm³/mol. The number of halogens is 1. The van der Waals surface area contributed by atoms with E-state index in [1.54, 1.807) is 12.1 Å². The van der Waals surface area contributed by atoms with Gasteiger partial charge in [-0.3, -0.25) is 4.79 Å². The molecule has 1 aliphatic carbocycles. The fourth-order valence-electron chi connectivity index (χ4n) is 3.81. The molecule has 3 heterocycles. The molecule has 0 bridgehead atoms. The van der Waals surface area contributed by atoms with Crippen LogP contribution in [-0.4, -0.2) is 39.3 Å². The Bertz CT molecular complexity index is 1100. The van der Waals surface area contributed by atoms with Crippen LogP contribution in [0.25, 0.3) is 11.5 Å². The zero-order valence-electron chi connectivity index (χ0n) is 17.2. The summed E-state index contributed by atoms with van der Waals surface area (Å²) in [5.41, 5.74) is 1.02. The van der Waals surface area contributed by atoms with Crippen molar-refractivity contribution in [3.05, 3.63) is 34.8 Å². The first-order valence-corrected chi connectivity index (χ1v) is 11.4. The summed E-state index contributed by atoms with van der Waals surface area (Å²) in [4.78, 5) is 19.0. The van der Waals surface area contributed by atoms with E-state index in [1.165, 1.54) is 17.4 Å². The van der Waals surface area contributed by atoms with Crippen LogP contribution in [0.5, 0.6) is 0 Å². The number of carbonyl (C=O) groups excluding carboxylic acids is 1. The minimum atomic E-state index is -0.368. The molecule has 1 saturated heterocycles. The molecule has 0 spiro atoms. The second-order valence-corrected chi connectivity index (χ2v) is 9.04. The molecule has 2 fully saturated rings. The number of hydrogen-bond acceptors (Lipinski definition) is 8. The number of nitrogens with one attached hydrogen (secondary N) is 1. The molecule has 1 amide bonds. The molecule has 5 rings (SSSR count). The maximum Gasteiger partial charge on any atom is 0.258 e. The number of amides is 1. The van der Waals surface area contributed by atoms with Crippen LogP contribution in [0.4, 0.5) is 15.2 Å². The van der Waals surface area contributed by atoms with Gasteiger partial charge in [0, 0.05) is 31.0 Å². The smallest absolute Gasteiger partial charge is 0.258 e. The number of rotatable bonds is 6. The molecule has 0 radical (unpaired) electrons. The van der Waals surface area contributed by atoms with E-state index in [9.17, 15) is 9.18 Å². The number of benzene rings is 1. The minimum absolute atomic E-state index is 0.0850. The molecular formula is C21H23FN6O2S. The molecule has 1 aliphatic heterocycles. The van der Waals surface area contributed by atoms with Gasteiger partial charge in [-0.1, -0.05) is 23.4 Å². The van der Waals surface area contributed by atoms with Crippen LogP contribution in [0.1, 0.15) is 49.4 Å². The summed E-state index contributed by atoms with van der Waals surface area (Å²) in [6.45, 7) is 3.08. The number of nitrogens with zero attached hydrogens (tertiary/aromatic N) is 5. The Morgan fingerprint density at radius 3 is 2.94 bits per heavy atom. The Morgan fingerprint density at radius 2 is 2.19 bits per heavy atom. The molecule has 3 aromatic rings. The van der Waals surface area contributed by atoms with E-state index >= 15 is 0 Å². The average molecular weight is 443 g/mol. The molecular weight excluding hydrogens is 419 g/mol. The van der Waals surface area contributed by atoms with Gasteiger partial charge in [0.1, 0.15) is 10.8 Å². The molecule has 1 unspecified atom stereocenters. The molecule has 1 aromatic carbocycles.